The van der Waals surface area contributed by atoms with Crippen LogP contribution < -0.4 is 10.1 Å². The van der Waals surface area contributed by atoms with Gasteiger partial charge in [0.2, 0.25) is 0 Å². The molecule has 20 heavy (non-hydrogen) atoms. The first-order chi connectivity index (χ1) is 9.51. The number of aliphatic carboxylic acids is 1. The third kappa shape index (κ3) is 6.22. The topological polar surface area (TPSA) is 75.6 Å². The minimum atomic E-state index is -0.862. The number of carbonyl (C=O) groups is 2. The number of ether oxygens (including phenoxy) is 1. The number of benzene rings is 1. The Morgan fingerprint density at radius 1 is 1.40 bits per heavy atom. The molecule has 0 saturated heterocycles. The van der Waals surface area contributed by atoms with Crippen LogP contribution >= 0.6 is 0 Å². The molecule has 0 radical (unpaired) electrons. The van der Waals surface area contributed by atoms with Crippen molar-refractivity contribution in [3.8, 4) is 5.75 Å². The predicted octanol–water partition coefficient (Wildman–Crippen LogP) is 2.00. The predicted molar refractivity (Wildman–Crippen MR) is 75.8 cm³/mol. The van der Waals surface area contributed by atoms with Crippen molar-refractivity contribution in [2.24, 2.45) is 0 Å². The molecule has 0 spiro atoms. The van der Waals surface area contributed by atoms with Crippen LogP contribution in [0.15, 0.2) is 24.3 Å². The Kier molecular flexibility index (Phi) is 6.56. The number of carboxylic acid groups (broad SMARTS) is 1. The number of rotatable bonds is 8. The van der Waals surface area contributed by atoms with Gasteiger partial charge in [-0.15, -0.1) is 0 Å². The van der Waals surface area contributed by atoms with E-state index in [1.54, 1.807) is 13.0 Å². The van der Waals surface area contributed by atoms with Crippen LogP contribution in [0.3, 0.4) is 0 Å². The molecule has 110 valence electrons. The van der Waals surface area contributed by atoms with Crippen LogP contribution in [0.5, 0.6) is 5.75 Å². The van der Waals surface area contributed by atoms with Crippen LogP contribution in [-0.2, 0) is 16.0 Å². The normalized spacial score (nSPS) is 11.7. The number of nitrogens with one attached hydrogen (secondary N) is 1. The van der Waals surface area contributed by atoms with Gasteiger partial charge in [0, 0.05) is 12.5 Å². The second kappa shape index (κ2) is 8.19. The lowest BCUT2D eigenvalue weighted by Crippen LogP contribution is -2.36. The van der Waals surface area contributed by atoms with Crippen LogP contribution in [0.25, 0.3) is 0 Å². The Balaban J connectivity index is 2.33. The summed E-state index contributed by atoms with van der Waals surface area (Å²) in [5.41, 5.74) is 1.15. The third-order valence-corrected chi connectivity index (χ3v) is 2.88. The Bertz CT molecular complexity index is 459. The van der Waals surface area contributed by atoms with E-state index in [0.717, 1.165) is 12.0 Å². The molecule has 0 aliphatic rings. The molecule has 0 saturated carbocycles. The van der Waals surface area contributed by atoms with Crippen LogP contribution in [-0.4, -0.2) is 29.6 Å². The molecule has 0 aromatic heterocycles. The fourth-order valence-electron chi connectivity index (χ4n) is 1.73. The fourth-order valence-corrected chi connectivity index (χ4v) is 1.73. The summed E-state index contributed by atoms with van der Waals surface area (Å²) >= 11 is 0. The molecule has 2 N–H and O–H groups in total. The van der Waals surface area contributed by atoms with Crippen molar-refractivity contribution in [3.63, 3.8) is 0 Å². The van der Waals surface area contributed by atoms with Crippen molar-refractivity contribution in [2.45, 2.75) is 39.2 Å². The highest BCUT2D eigenvalue weighted by Gasteiger charge is 2.09. The van der Waals surface area contributed by atoms with Gasteiger partial charge in [0.1, 0.15) is 5.75 Å². The molecule has 0 aliphatic heterocycles. The third-order valence-electron chi connectivity index (χ3n) is 2.88. The van der Waals surface area contributed by atoms with Gasteiger partial charge in [-0.1, -0.05) is 19.1 Å². The molecule has 5 heteroatoms. The Morgan fingerprint density at radius 2 is 2.15 bits per heavy atom. The van der Waals surface area contributed by atoms with Gasteiger partial charge in [-0.05, 0) is 37.5 Å². The van der Waals surface area contributed by atoms with E-state index in [4.69, 9.17) is 9.84 Å². The highest BCUT2D eigenvalue weighted by molar-refractivity contribution is 5.77. The highest BCUT2D eigenvalue weighted by atomic mass is 16.5. The molecule has 1 amide bonds. The Morgan fingerprint density at radius 3 is 2.80 bits per heavy atom. The van der Waals surface area contributed by atoms with Gasteiger partial charge in [-0.2, -0.15) is 0 Å². The average Bonchev–Trinajstić information content (AvgIpc) is 2.43. The Labute approximate surface area is 118 Å². The Hall–Kier alpha value is -2.04. The van der Waals surface area contributed by atoms with E-state index in [0.29, 0.717) is 12.2 Å². The van der Waals surface area contributed by atoms with Crippen LogP contribution in [0.2, 0.25) is 0 Å². The maximum Gasteiger partial charge on any atom is 0.303 e. The number of carboxylic acids is 1. The first kappa shape index (κ1) is 16.0. The summed E-state index contributed by atoms with van der Waals surface area (Å²) in [5.74, 6) is -0.443. The first-order valence-electron chi connectivity index (χ1n) is 6.74. The molecule has 1 aromatic carbocycles. The molecule has 5 nitrogen and oxygen atoms in total. The smallest absolute Gasteiger partial charge is 0.303 e. The monoisotopic (exact) mass is 279 g/mol. The number of amides is 1. The number of hydrogen-bond donors (Lipinski definition) is 2. The summed E-state index contributed by atoms with van der Waals surface area (Å²) in [5, 5.41) is 11.3. The van der Waals surface area contributed by atoms with Gasteiger partial charge in [-0.3, -0.25) is 9.59 Å². The lowest BCUT2D eigenvalue weighted by Gasteiger charge is -2.13. The van der Waals surface area contributed by atoms with E-state index in [2.05, 4.69) is 12.2 Å². The van der Waals surface area contributed by atoms with Crippen LogP contribution in [0.4, 0.5) is 0 Å². The van der Waals surface area contributed by atoms with Gasteiger partial charge < -0.3 is 15.2 Å². The molecular formula is C15H21NO4. The van der Waals surface area contributed by atoms with Crippen molar-refractivity contribution >= 4 is 11.9 Å². The molecule has 0 heterocycles. The quantitative estimate of drug-likeness (QED) is 0.763. The second-order valence-corrected chi connectivity index (χ2v) is 4.69. The highest BCUT2D eigenvalue weighted by Crippen LogP contribution is 2.13. The molecule has 1 unspecified atom stereocenters. The maximum absolute atomic E-state index is 11.6. The van der Waals surface area contributed by atoms with Gasteiger partial charge in [-0.25, -0.2) is 0 Å². The summed E-state index contributed by atoms with van der Waals surface area (Å²) in [4.78, 5) is 22.1. The minimum Gasteiger partial charge on any atom is -0.484 e. The number of carbonyl (C=O) groups excluding carboxylic acids is 1. The fraction of sp³-hybridized carbons (Fsp3) is 0.467. The molecule has 1 atom stereocenters. The number of aryl methyl sites for hydroxylation is 1. The first-order valence-corrected chi connectivity index (χ1v) is 6.74. The largest absolute Gasteiger partial charge is 0.484 e. The molecule has 0 aliphatic carbocycles. The zero-order valence-electron chi connectivity index (χ0n) is 11.9. The molecule has 0 bridgehead atoms. The van der Waals surface area contributed by atoms with Crippen LogP contribution in [0.1, 0.15) is 32.3 Å². The van der Waals surface area contributed by atoms with Crippen molar-refractivity contribution in [2.75, 3.05) is 6.61 Å². The van der Waals surface area contributed by atoms with Crippen molar-refractivity contribution in [1.29, 1.82) is 0 Å². The van der Waals surface area contributed by atoms with E-state index in [9.17, 15) is 9.59 Å². The zero-order chi connectivity index (χ0) is 15.0. The van der Waals surface area contributed by atoms with Gasteiger partial charge >= 0.3 is 5.97 Å². The average molecular weight is 279 g/mol. The van der Waals surface area contributed by atoms with E-state index >= 15 is 0 Å². The van der Waals surface area contributed by atoms with Gasteiger partial charge in [0.25, 0.3) is 5.91 Å². The van der Waals surface area contributed by atoms with E-state index in [1.165, 1.54) is 0 Å². The minimum absolute atomic E-state index is 0.0425. The lowest BCUT2D eigenvalue weighted by atomic mass is 10.2. The van der Waals surface area contributed by atoms with Crippen molar-refractivity contribution in [1.82, 2.24) is 5.32 Å². The maximum atomic E-state index is 11.6. The van der Waals surface area contributed by atoms with Crippen molar-refractivity contribution in [3.05, 3.63) is 29.8 Å². The van der Waals surface area contributed by atoms with E-state index in [-0.39, 0.29) is 25.0 Å². The molecular weight excluding hydrogens is 258 g/mol. The van der Waals surface area contributed by atoms with Gasteiger partial charge in [0.15, 0.2) is 6.61 Å². The summed E-state index contributed by atoms with van der Waals surface area (Å²) in [6.45, 7) is 3.76. The second-order valence-electron chi connectivity index (χ2n) is 4.69. The summed E-state index contributed by atoms with van der Waals surface area (Å²) in [7, 11) is 0. The molecule has 0 fully saturated rings. The SMILES string of the molecule is CCc1cccc(OCC(=O)NC(C)CCC(=O)O)c1. The van der Waals surface area contributed by atoms with E-state index < -0.39 is 5.97 Å². The summed E-state index contributed by atoms with van der Waals surface area (Å²) in [6, 6.07) is 7.42. The molecule has 1 rings (SSSR count). The molecule has 1 aromatic rings. The summed E-state index contributed by atoms with van der Waals surface area (Å²) < 4.78 is 5.41. The van der Waals surface area contributed by atoms with E-state index in [1.807, 2.05) is 18.2 Å². The summed E-state index contributed by atoms with van der Waals surface area (Å²) in [6.07, 6.45) is 1.36. The van der Waals surface area contributed by atoms with Gasteiger partial charge in [0.05, 0.1) is 0 Å². The van der Waals surface area contributed by atoms with Crippen molar-refractivity contribution < 1.29 is 19.4 Å². The standard InChI is InChI=1S/C15H21NO4/c1-3-12-5-4-6-13(9-12)20-10-14(17)16-11(2)7-8-15(18)19/h4-6,9,11H,3,7-8,10H2,1-2H3,(H,16,17)(H,18,19). The lowest BCUT2D eigenvalue weighted by molar-refractivity contribution is -0.137. The number of hydrogen-bond acceptors (Lipinski definition) is 3. The zero-order valence-corrected chi connectivity index (χ0v) is 11.9. The van der Waals surface area contributed by atoms with Crippen LogP contribution in [0, 0.1) is 0 Å².